The van der Waals surface area contributed by atoms with Crippen LogP contribution in [0.25, 0.3) is 0 Å². The lowest BCUT2D eigenvalue weighted by atomic mass is 10.9. The summed E-state index contributed by atoms with van der Waals surface area (Å²) in [5.41, 5.74) is 0. The number of hydrogen-bond acceptors (Lipinski definition) is 2. The van der Waals surface area contributed by atoms with E-state index in [1.54, 1.807) is 0 Å². The first-order valence-electron chi connectivity index (χ1n) is 5.40. The Hall–Kier alpha value is 0.354. The second kappa shape index (κ2) is 7.62. The van der Waals surface area contributed by atoms with E-state index >= 15 is 0 Å². The second-order valence-corrected chi connectivity index (χ2v) is 14.1. The van der Waals surface area contributed by atoms with Crippen LogP contribution in [0.15, 0.2) is 0 Å². The van der Waals surface area contributed by atoms with E-state index < -0.39 is 16.6 Å². The van der Waals surface area contributed by atoms with Gasteiger partial charge in [0.05, 0.1) is 0 Å². The lowest BCUT2D eigenvalue weighted by Crippen LogP contribution is -2.24. The molecule has 0 atom stereocenters. The zero-order valence-corrected chi connectivity index (χ0v) is 13.2. The van der Waals surface area contributed by atoms with Gasteiger partial charge in [-0.25, -0.2) is 0 Å². The maximum Gasteiger partial charge on any atom is 0.183 e. The molecule has 0 aliphatic heterocycles. The fourth-order valence-corrected chi connectivity index (χ4v) is 2.60. The zero-order chi connectivity index (χ0) is 11.8. The third kappa shape index (κ3) is 22.8. The lowest BCUT2D eigenvalue weighted by molar-refractivity contribution is 0.334. The van der Waals surface area contributed by atoms with Gasteiger partial charge in [-0.2, -0.15) is 0 Å². The van der Waals surface area contributed by atoms with E-state index in [1.807, 2.05) is 13.8 Å². The quantitative estimate of drug-likeness (QED) is 0.693. The molecule has 88 valence electrons. The van der Waals surface area contributed by atoms with Gasteiger partial charge in [0.25, 0.3) is 0 Å². The van der Waals surface area contributed by atoms with Gasteiger partial charge in [-0.1, -0.05) is 0 Å². The molecule has 0 N–H and O–H groups in total. The van der Waals surface area contributed by atoms with Crippen LogP contribution in [0, 0.1) is 0 Å². The molecule has 0 spiro atoms. The van der Waals surface area contributed by atoms with Crippen LogP contribution in [-0.4, -0.2) is 29.8 Å². The minimum atomic E-state index is -1.16. The molecule has 0 amide bonds. The molecule has 0 heterocycles. The summed E-state index contributed by atoms with van der Waals surface area (Å²) >= 11 is 0. The molecule has 0 rings (SSSR count). The highest BCUT2D eigenvalue weighted by molar-refractivity contribution is 6.70. The summed E-state index contributed by atoms with van der Waals surface area (Å²) in [5.74, 6) is 0. The maximum absolute atomic E-state index is 5.37. The Morgan fingerprint density at radius 2 is 0.857 bits per heavy atom. The Bertz CT molecular complexity index is 109. The molecule has 14 heavy (non-hydrogen) atoms. The largest absolute Gasteiger partial charge is 0.418 e. The normalized spacial score (nSPS) is 12.0. The van der Waals surface area contributed by atoms with Crippen LogP contribution in [-0.2, 0) is 8.85 Å². The first-order chi connectivity index (χ1) is 6.12. The van der Waals surface area contributed by atoms with Gasteiger partial charge in [-0.3, -0.25) is 0 Å². The van der Waals surface area contributed by atoms with Crippen LogP contribution >= 0.6 is 0 Å². The summed E-state index contributed by atoms with van der Waals surface area (Å²) in [6, 6.07) is 0. The van der Waals surface area contributed by atoms with Crippen molar-refractivity contribution in [1.29, 1.82) is 0 Å². The maximum atomic E-state index is 5.37. The van der Waals surface area contributed by atoms with E-state index in [2.05, 4.69) is 39.3 Å². The van der Waals surface area contributed by atoms with Gasteiger partial charge in [0, 0.05) is 13.2 Å². The lowest BCUT2D eigenvalue weighted by Gasteiger charge is -2.14. The average Bonchev–Trinajstić information content (AvgIpc) is 1.81. The molecular formula is C10H28O2Si2. The minimum absolute atomic E-state index is 0.871. The topological polar surface area (TPSA) is 18.5 Å². The first-order valence-corrected chi connectivity index (χ1v) is 12.2. The van der Waals surface area contributed by atoms with E-state index in [0.29, 0.717) is 0 Å². The smallest absolute Gasteiger partial charge is 0.183 e. The molecule has 0 fully saturated rings. The Morgan fingerprint density at radius 1 is 0.643 bits per heavy atom. The minimum Gasteiger partial charge on any atom is -0.418 e. The van der Waals surface area contributed by atoms with Gasteiger partial charge in [-0.05, 0) is 53.1 Å². The highest BCUT2D eigenvalue weighted by Crippen LogP contribution is 2.00. The third-order valence-electron chi connectivity index (χ3n) is 1.15. The highest BCUT2D eigenvalue weighted by Gasteiger charge is 2.11. The predicted octanol–water partition coefficient (Wildman–Crippen LogP) is 3.72. The summed E-state index contributed by atoms with van der Waals surface area (Å²) in [7, 11) is -2.31. The molecule has 0 saturated carbocycles. The van der Waals surface area contributed by atoms with Crippen LogP contribution in [0.5, 0.6) is 0 Å². The van der Waals surface area contributed by atoms with Crippen molar-refractivity contribution in [3.8, 4) is 0 Å². The molecule has 2 nitrogen and oxygen atoms in total. The SMILES string of the molecule is CCO[Si](C)(C)C.CCO[Si](C)(C)C. The summed E-state index contributed by atoms with van der Waals surface area (Å²) in [6.07, 6.45) is 0. The van der Waals surface area contributed by atoms with Crippen LogP contribution < -0.4 is 0 Å². The molecule has 0 aromatic heterocycles. The van der Waals surface area contributed by atoms with Crippen LogP contribution in [0.4, 0.5) is 0 Å². The van der Waals surface area contributed by atoms with Gasteiger partial charge in [0.1, 0.15) is 0 Å². The van der Waals surface area contributed by atoms with Crippen molar-refractivity contribution in [2.24, 2.45) is 0 Å². The van der Waals surface area contributed by atoms with Gasteiger partial charge in [0.15, 0.2) is 16.6 Å². The van der Waals surface area contributed by atoms with E-state index in [-0.39, 0.29) is 0 Å². The third-order valence-corrected chi connectivity index (χ3v) is 3.46. The highest BCUT2D eigenvalue weighted by atomic mass is 28.4. The summed E-state index contributed by atoms with van der Waals surface area (Å²) in [6.45, 7) is 19.0. The Balaban J connectivity index is 0. The van der Waals surface area contributed by atoms with Gasteiger partial charge >= 0.3 is 0 Å². The Kier molecular flexibility index (Phi) is 9.13. The average molecular weight is 237 g/mol. The molecule has 0 unspecified atom stereocenters. The second-order valence-electron chi connectivity index (χ2n) is 5.09. The van der Waals surface area contributed by atoms with Crippen molar-refractivity contribution in [1.82, 2.24) is 0 Å². The molecule has 0 bridgehead atoms. The van der Waals surface area contributed by atoms with E-state index in [9.17, 15) is 0 Å². The fourth-order valence-electron chi connectivity index (χ4n) is 0.866. The van der Waals surface area contributed by atoms with Gasteiger partial charge < -0.3 is 8.85 Å². The molecule has 0 aromatic rings. The zero-order valence-electron chi connectivity index (χ0n) is 11.2. The van der Waals surface area contributed by atoms with Crippen molar-refractivity contribution >= 4 is 16.6 Å². The first kappa shape index (κ1) is 16.8. The Morgan fingerprint density at radius 3 is 0.857 bits per heavy atom. The van der Waals surface area contributed by atoms with Crippen LogP contribution in [0.3, 0.4) is 0 Å². The van der Waals surface area contributed by atoms with Crippen molar-refractivity contribution in [2.75, 3.05) is 13.2 Å². The van der Waals surface area contributed by atoms with Crippen molar-refractivity contribution in [3.63, 3.8) is 0 Å². The number of hydrogen-bond donors (Lipinski definition) is 0. The number of rotatable bonds is 4. The standard InChI is InChI=1S/2C5H14OSi/c2*1-5-6-7(2,3)4/h2*5H2,1-4H3. The van der Waals surface area contributed by atoms with E-state index in [0.717, 1.165) is 13.2 Å². The van der Waals surface area contributed by atoms with E-state index in [4.69, 9.17) is 8.85 Å². The molecule has 0 radical (unpaired) electrons. The van der Waals surface area contributed by atoms with Gasteiger partial charge in [-0.15, -0.1) is 0 Å². The molecule has 0 aliphatic carbocycles. The van der Waals surface area contributed by atoms with Crippen molar-refractivity contribution in [2.45, 2.75) is 53.1 Å². The fraction of sp³-hybridized carbons (Fsp3) is 1.00. The molecule has 0 saturated heterocycles. The van der Waals surface area contributed by atoms with Crippen molar-refractivity contribution < 1.29 is 8.85 Å². The molecule has 0 aromatic carbocycles. The van der Waals surface area contributed by atoms with Crippen LogP contribution in [0.2, 0.25) is 39.3 Å². The molecule has 0 aliphatic rings. The van der Waals surface area contributed by atoms with E-state index in [1.165, 1.54) is 0 Å². The van der Waals surface area contributed by atoms with Crippen LogP contribution in [0.1, 0.15) is 13.8 Å². The summed E-state index contributed by atoms with van der Waals surface area (Å²) in [5, 5.41) is 0. The monoisotopic (exact) mass is 236 g/mol. The van der Waals surface area contributed by atoms with Gasteiger partial charge in [0.2, 0.25) is 0 Å². The summed E-state index contributed by atoms with van der Waals surface area (Å²) in [4.78, 5) is 0. The Labute approximate surface area is 92.3 Å². The van der Waals surface area contributed by atoms with Crippen molar-refractivity contribution in [3.05, 3.63) is 0 Å². The molecular weight excluding hydrogens is 208 g/mol. The molecule has 4 heteroatoms. The predicted molar refractivity (Wildman–Crippen MR) is 69.9 cm³/mol. The summed E-state index contributed by atoms with van der Waals surface area (Å²) < 4.78 is 10.7.